The number of carbonyl (C=O) groups is 2. The van der Waals surface area contributed by atoms with Crippen LogP contribution in [0.1, 0.15) is 42.5 Å². The molecule has 27 heavy (non-hydrogen) atoms. The molecule has 5 nitrogen and oxygen atoms in total. The normalized spacial score (nSPS) is 21.3. The molecule has 0 aromatic heterocycles. The van der Waals surface area contributed by atoms with Gasteiger partial charge < -0.3 is 5.32 Å². The van der Waals surface area contributed by atoms with Crippen LogP contribution < -0.4 is 5.32 Å². The Hall–Kier alpha value is -2.09. The summed E-state index contributed by atoms with van der Waals surface area (Å²) in [7, 11) is 0. The van der Waals surface area contributed by atoms with Gasteiger partial charge in [-0.25, -0.2) is 0 Å². The number of halogens is 1. The highest BCUT2D eigenvalue weighted by molar-refractivity contribution is 9.10. The Kier molecular flexibility index (Phi) is 6.04. The van der Waals surface area contributed by atoms with E-state index in [4.69, 9.17) is 0 Å². The fourth-order valence-corrected chi connectivity index (χ4v) is 5.17. The maximum absolute atomic E-state index is 12.5. The molecule has 1 heterocycles. The van der Waals surface area contributed by atoms with E-state index in [1.165, 1.54) is 11.8 Å². The average Bonchev–Trinajstić information content (AvgIpc) is 2.67. The maximum atomic E-state index is 12.5. The Morgan fingerprint density at radius 1 is 1.22 bits per heavy atom. The van der Waals surface area contributed by atoms with E-state index < -0.39 is 11.3 Å². The molecule has 3 rings (SSSR count). The number of Topliss-reactive ketones (excluding diaryl/α,β-unsaturated/α-hetero) is 1. The summed E-state index contributed by atoms with van der Waals surface area (Å²) in [5.74, 6) is -1.17. The van der Waals surface area contributed by atoms with E-state index >= 15 is 0 Å². The fourth-order valence-electron chi connectivity index (χ4n) is 3.90. The summed E-state index contributed by atoms with van der Waals surface area (Å²) in [6.45, 7) is 0. The molecule has 0 bridgehead atoms. The monoisotopic (exact) mass is 443 g/mol. The number of thioether (sulfide) groups is 1. The molecule has 7 heteroatoms. The van der Waals surface area contributed by atoms with Crippen molar-refractivity contribution in [2.45, 2.75) is 32.1 Å². The highest BCUT2D eigenvalue weighted by Crippen LogP contribution is 2.51. The summed E-state index contributed by atoms with van der Waals surface area (Å²) in [5, 5.41) is 22.5. The number of nitriles is 2. The number of rotatable bonds is 4. The summed E-state index contributed by atoms with van der Waals surface area (Å²) in [6.07, 6.45) is 4.15. The third kappa shape index (κ3) is 3.81. The molecular weight excluding hydrogens is 426 g/mol. The van der Waals surface area contributed by atoms with Gasteiger partial charge in [-0.3, -0.25) is 9.59 Å². The van der Waals surface area contributed by atoms with E-state index in [1.54, 1.807) is 24.3 Å². The second kappa shape index (κ2) is 8.29. The zero-order valence-electron chi connectivity index (χ0n) is 14.6. The van der Waals surface area contributed by atoms with Crippen molar-refractivity contribution in [2.24, 2.45) is 11.3 Å². The molecule has 0 radical (unpaired) electrons. The number of hydrogen-bond donors (Lipinski definition) is 1. The first-order chi connectivity index (χ1) is 13.0. The van der Waals surface area contributed by atoms with E-state index in [9.17, 15) is 20.1 Å². The first-order valence-corrected chi connectivity index (χ1v) is 10.6. The number of benzene rings is 1. The van der Waals surface area contributed by atoms with Gasteiger partial charge in [-0.1, -0.05) is 59.1 Å². The summed E-state index contributed by atoms with van der Waals surface area (Å²) in [4.78, 5) is 25.0. The molecule has 1 aliphatic heterocycles. The summed E-state index contributed by atoms with van der Waals surface area (Å²) >= 11 is 4.51. The Morgan fingerprint density at radius 2 is 1.89 bits per heavy atom. The van der Waals surface area contributed by atoms with Crippen molar-refractivity contribution in [3.8, 4) is 12.1 Å². The van der Waals surface area contributed by atoms with Gasteiger partial charge in [0.25, 0.3) is 0 Å². The number of nitrogens with one attached hydrogen (secondary N) is 1. The molecule has 1 amide bonds. The van der Waals surface area contributed by atoms with Gasteiger partial charge in [-0.2, -0.15) is 10.5 Å². The minimum Gasteiger partial charge on any atom is -0.319 e. The van der Waals surface area contributed by atoms with Gasteiger partial charge in [0, 0.05) is 15.5 Å². The first-order valence-electron chi connectivity index (χ1n) is 8.79. The lowest BCUT2D eigenvalue weighted by Gasteiger charge is -2.43. The van der Waals surface area contributed by atoms with Gasteiger partial charge in [-0.05, 0) is 25.0 Å². The van der Waals surface area contributed by atoms with Gasteiger partial charge >= 0.3 is 0 Å². The molecule has 0 saturated heterocycles. The predicted octanol–water partition coefficient (Wildman–Crippen LogP) is 4.32. The fraction of sp³-hybridized carbons (Fsp3) is 0.400. The molecule has 1 N–H and O–H groups in total. The molecule has 138 valence electrons. The van der Waals surface area contributed by atoms with Crippen molar-refractivity contribution in [1.82, 2.24) is 5.32 Å². The van der Waals surface area contributed by atoms with Gasteiger partial charge in [0.05, 0.1) is 28.5 Å². The lowest BCUT2D eigenvalue weighted by Crippen LogP contribution is -2.48. The molecule has 1 spiro atoms. The maximum Gasteiger partial charge on any atom is 0.243 e. The molecular formula is C20H18BrN3O2S. The Balaban J connectivity index is 1.87. The van der Waals surface area contributed by atoms with Gasteiger partial charge in [-0.15, -0.1) is 0 Å². The lowest BCUT2D eigenvalue weighted by molar-refractivity contribution is -0.126. The van der Waals surface area contributed by atoms with Crippen LogP contribution in [-0.4, -0.2) is 17.4 Å². The summed E-state index contributed by atoms with van der Waals surface area (Å²) < 4.78 is 0.891. The van der Waals surface area contributed by atoms with E-state index in [0.717, 1.165) is 23.7 Å². The number of carbonyl (C=O) groups excluding carboxylic acids is 2. The van der Waals surface area contributed by atoms with Crippen LogP contribution in [0.3, 0.4) is 0 Å². The molecule has 1 aromatic carbocycles. The molecule has 1 aliphatic carbocycles. The van der Waals surface area contributed by atoms with Crippen molar-refractivity contribution < 1.29 is 9.59 Å². The standard InChI is InChI=1S/C20H18BrN3O2S/c21-14-6-4-13(5-7-14)17(25)12-27-19-16(11-23)20(8-2-1-3-9-20)15(10-22)18(26)24-19/h4-7,15H,1-3,8-9,12H2,(H,24,26). The Bertz CT molecular complexity index is 874. The minimum atomic E-state index is -0.848. The topological polar surface area (TPSA) is 93.8 Å². The van der Waals surface area contributed by atoms with Gasteiger partial charge in [0.15, 0.2) is 5.78 Å². The van der Waals surface area contributed by atoms with Gasteiger partial charge in [0.1, 0.15) is 5.92 Å². The van der Waals surface area contributed by atoms with Crippen molar-refractivity contribution >= 4 is 39.4 Å². The van der Waals surface area contributed by atoms with Crippen LogP contribution in [0.25, 0.3) is 0 Å². The average molecular weight is 444 g/mol. The van der Waals surface area contributed by atoms with Crippen LogP contribution in [0.2, 0.25) is 0 Å². The quantitative estimate of drug-likeness (QED) is 0.699. The van der Waals surface area contributed by atoms with Crippen molar-refractivity contribution in [2.75, 3.05) is 5.75 Å². The van der Waals surface area contributed by atoms with E-state index in [-0.39, 0.29) is 17.4 Å². The highest BCUT2D eigenvalue weighted by atomic mass is 79.9. The van der Waals surface area contributed by atoms with Crippen molar-refractivity contribution in [1.29, 1.82) is 10.5 Å². The minimum absolute atomic E-state index is 0.0772. The predicted molar refractivity (Wildman–Crippen MR) is 106 cm³/mol. The number of ketones is 1. The zero-order valence-corrected chi connectivity index (χ0v) is 17.0. The van der Waals surface area contributed by atoms with Crippen LogP contribution in [0.15, 0.2) is 39.3 Å². The molecule has 2 aliphatic rings. The van der Waals surface area contributed by atoms with E-state index in [2.05, 4.69) is 33.4 Å². The summed E-state index contributed by atoms with van der Waals surface area (Å²) in [5.41, 5.74) is 0.323. The SMILES string of the molecule is N#CC1=C(SCC(=O)c2ccc(Br)cc2)NC(=O)C(C#N)C12CCCCC2. The van der Waals surface area contributed by atoms with E-state index in [1.807, 2.05) is 0 Å². The third-order valence-electron chi connectivity index (χ3n) is 5.28. The number of hydrogen-bond acceptors (Lipinski definition) is 5. The van der Waals surface area contributed by atoms with Crippen LogP contribution in [0.5, 0.6) is 0 Å². The zero-order chi connectivity index (χ0) is 19.4. The second-order valence-corrected chi connectivity index (χ2v) is 8.70. The summed E-state index contributed by atoms with van der Waals surface area (Å²) in [6, 6.07) is 11.4. The molecule has 1 aromatic rings. The number of nitrogens with zero attached hydrogens (tertiary/aromatic N) is 2. The van der Waals surface area contributed by atoms with Crippen molar-refractivity contribution in [3.05, 3.63) is 44.9 Å². The largest absolute Gasteiger partial charge is 0.319 e. The van der Waals surface area contributed by atoms with Crippen LogP contribution in [-0.2, 0) is 4.79 Å². The second-order valence-electron chi connectivity index (χ2n) is 6.80. The molecule has 1 unspecified atom stereocenters. The Labute approximate surface area is 170 Å². The molecule has 1 atom stereocenters. The van der Waals surface area contributed by atoms with E-state index in [0.29, 0.717) is 29.0 Å². The smallest absolute Gasteiger partial charge is 0.243 e. The molecule has 1 fully saturated rings. The lowest BCUT2D eigenvalue weighted by atomic mass is 9.61. The molecule has 1 saturated carbocycles. The highest BCUT2D eigenvalue weighted by Gasteiger charge is 2.51. The first kappa shape index (κ1) is 19.7. The number of amides is 1. The Morgan fingerprint density at radius 3 is 2.48 bits per heavy atom. The van der Waals surface area contributed by atoms with Crippen LogP contribution in [0.4, 0.5) is 0 Å². The third-order valence-corrected chi connectivity index (χ3v) is 6.81. The van der Waals surface area contributed by atoms with Crippen LogP contribution in [0, 0.1) is 34.0 Å². The van der Waals surface area contributed by atoms with Crippen molar-refractivity contribution in [3.63, 3.8) is 0 Å². The van der Waals surface area contributed by atoms with Crippen LogP contribution >= 0.6 is 27.7 Å². The number of allylic oxidation sites excluding steroid dienone is 1. The van der Waals surface area contributed by atoms with Gasteiger partial charge in [0.2, 0.25) is 5.91 Å².